The van der Waals surface area contributed by atoms with E-state index in [1.807, 2.05) is 25.1 Å². The zero-order valence-corrected chi connectivity index (χ0v) is 10.0. The van der Waals surface area contributed by atoms with Crippen LogP contribution in [0.5, 0.6) is 0 Å². The molecule has 0 spiro atoms. The molecule has 0 aromatic heterocycles. The highest BCUT2D eigenvalue weighted by molar-refractivity contribution is 6.84. The molecule has 1 aromatic rings. The van der Waals surface area contributed by atoms with Crippen LogP contribution in [0.1, 0.15) is 6.92 Å². The molecule has 0 saturated heterocycles. The number of aliphatic hydroxyl groups excluding tert-OH is 1. The summed E-state index contributed by atoms with van der Waals surface area (Å²) in [6.45, 7) is 6.28. The van der Waals surface area contributed by atoms with Crippen LogP contribution in [-0.4, -0.2) is 26.1 Å². The third kappa shape index (κ3) is 2.94. The van der Waals surface area contributed by atoms with Crippen LogP contribution in [0.15, 0.2) is 30.3 Å². The van der Waals surface area contributed by atoms with Crippen molar-refractivity contribution in [1.82, 2.24) is 0 Å². The maximum absolute atomic E-state index is 8.94. The molecule has 78 valence electrons. The van der Waals surface area contributed by atoms with Gasteiger partial charge in [-0.25, -0.2) is 0 Å². The summed E-state index contributed by atoms with van der Waals surface area (Å²) in [6, 6.07) is 10.2. The summed E-state index contributed by atoms with van der Waals surface area (Å²) in [7, 11) is -1.82. The molecular formula is C11H18O2Si. The summed E-state index contributed by atoms with van der Waals surface area (Å²) in [5, 5.41) is 10.2. The lowest BCUT2D eigenvalue weighted by Gasteiger charge is -2.26. The molecule has 0 aliphatic heterocycles. The molecule has 0 heterocycles. The number of hydrogen-bond donors (Lipinski definition) is 1. The zero-order chi connectivity index (χ0) is 10.6. The normalized spacial score (nSPS) is 14.0. The SMILES string of the molecule is C[C@@H](CO)O[Si](C)(C)c1ccccc1. The van der Waals surface area contributed by atoms with E-state index in [1.165, 1.54) is 5.19 Å². The second-order valence-electron chi connectivity index (χ2n) is 3.99. The van der Waals surface area contributed by atoms with Gasteiger partial charge in [0, 0.05) is 0 Å². The molecule has 0 radical (unpaired) electrons. The van der Waals surface area contributed by atoms with Crippen LogP contribution in [0.4, 0.5) is 0 Å². The lowest BCUT2D eigenvalue weighted by atomic mass is 10.4. The van der Waals surface area contributed by atoms with Gasteiger partial charge in [-0.05, 0) is 25.2 Å². The van der Waals surface area contributed by atoms with Crippen LogP contribution in [0.3, 0.4) is 0 Å². The topological polar surface area (TPSA) is 29.5 Å². The largest absolute Gasteiger partial charge is 0.408 e. The van der Waals surface area contributed by atoms with E-state index in [0.29, 0.717) is 0 Å². The van der Waals surface area contributed by atoms with Crippen LogP contribution < -0.4 is 5.19 Å². The van der Waals surface area contributed by atoms with Gasteiger partial charge in [0.05, 0.1) is 12.7 Å². The first-order valence-electron chi connectivity index (χ1n) is 4.90. The highest BCUT2D eigenvalue weighted by Crippen LogP contribution is 2.08. The first kappa shape index (κ1) is 11.4. The molecule has 1 aromatic carbocycles. The Morgan fingerprint density at radius 3 is 2.36 bits per heavy atom. The molecular weight excluding hydrogens is 192 g/mol. The van der Waals surface area contributed by atoms with Crippen LogP contribution in [0.2, 0.25) is 13.1 Å². The van der Waals surface area contributed by atoms with Crippen molar-refractivity contribution in [1.29, 1.82) is 0 Å². The second kappa shape index (κ2) is 4.73. The van der Waals surface area contributed by atoms with Crippen LogP contribution >= 0.6 is 0 Å². The second-order valence-corrected chi connectivity index (χ2v) is 7.82. The molecule has 0 saturated carbocycles. The highest BCUT2D eigenvalue weighted by Gasteiger charge is 2.26. The Bertz CT molecular complexity index is 272. The molecule has 0 aliphatic rings. The minimum Gasteiger partial charge on any atom is -0.408 e. The van der Waals surface area contributed by atoms with E-state index in [1.54, 1.807) is 0 Å². The Balaban J connectivity index is 2.75. The third-order valence-electron chi connectivity index (χ3n) is 2.22. The van der Waals surface area contributed by atoms with E-state index in [-0.39, 0.29) is 12.7 Å². The standard InChI is InChI=1S/C11H18O2Si/c1-10(9-12)13-14(2,3)11-7-5-4-6-8-11/h4-8,10,12H,9H2,1-3H3/t10-/m0/s1. The lowest BCUT2D eigenvalue weighted by Crippen LogP contribution is -2.47. The van der Waals surface area contributed by atoms with E-state index in [4.69, 9.17) is 9.53 Å². The number of hydrogen-bond acceptors (Lipinski definition) is 2. The van der Waals surface area contributed by atoms with Crippen molar-refractivity contribution in [3.8, 4) is 0 Å². The molecule has 14 heavy (non-hydrogen) atoms. The molecule has 0 fully saturated rings. The minimum absolute atomic E-state index is 0.0723. The fourth-order valence-electron chi connectivity index (χ4n) is 1.45. The van der Waals surface area contributed by atoms with E-state index >= 15 is 0 Å². The summed E-state index contributed by atoms with van der Waals surface area (Å²) >= 11 is 0. The van der Waals surface area contributed by atoms with Gasteiger partial charge in [0.2, 0.25) is 8.32 Å². The Morgan fingerprint density at radius 2 is 1.86 bits per heavy atom. The van der Waals surface area contributed by atoms with Gasteiger partial charge in [-0.1, -0.05) is 30.3 Å². The fraction of sp³-hybridized carbons (Fsp3) is 0.455. The number of benzene rings is 1. The Hall–Kier alpha value is -0.643. The number of rotatable bonds is 4. The van der Waals surface area contributed by atoms with Gasteiger partial charge in [0.15, 0.2) is 0 Å². The van der Waals surface area contributed by atoms with E-state index < -0.39 is 8.32 Å². The summed E-state index contributed by atoms with van der Waals surface area (Å²) in [5.41, 5.74) is 0. The van der Waals surface area contributed by atoms with Crippen molar-refractivity contribution >= 4 is 13.5 Å². The minimum atomic E-state index is -1.82. The van der Waals surface area contributed by atoms with Gasteiger partial charge in [-0.3, -0.25) is 0 Å². The molecule has 1 rings (SSSR count). The molecule has 2 nitrogen and oxygen atoms in total. The molecule has 3 heteroatoms. The first-order chi connectivity index (χ1) is 6.56. The predicted molar refractivity (Wildman–Crippen MR) is 61.2 cm³/mol. The molecule has 0 unspecified atom stereocenters. The van der Waals surface area contributed by atoms with Crippen LogP contribution in [0.25, 0.3) is 0 Å². The van der Waals surface area contributed by atoms with E-state index in [0.717, 1.165) is 0 Å². The molecule has 0 bridgehead atoms. The highest BCUT2D eigenvalue weighted by atomic mass is 28.4. The quantitative estimate of drug-likeness (QED) is 0.763. The maximum atomic E-state index is 8.94. The van der Waals surface area contributed by atoms with E-state index in [9.17, 15) is 0 Å². The van der Waals surface area contributed by atoms with Gasteiger partial charge >= 0.3 is 0 Å². The van der Waals surface area contributed by atoms with Gasteiger partial charge in [0.25, 0.3) is 0 Å². The average Bonchev–Trinajstić information content (AvgIpc) is 2.18. The van der Waals surface area contributed by atoms with Crippen molar-refractivity contribution in [3.05, 3.63) is 30.3 Å². The zero-order valence-electron chi connectivity index (χ0n) is 9.03. The summed E-state index contributed by atoms with van der Waals surface area (Å²) in [5.74, 6) is 0. The third-order valence-corrected chi connectivity index (χ3v) is 4.94. The first-order valence-corrected chi connectivity index (χ1v) is 7.81. The van der Waals surface area contributed by atoms with Crippen molar-refractivity contribution in [2.75, 3.05) is 6.61 Å². The predicted octanol–water partition coefficient (Wildman–Crippen LogP) is 1.50. The van der Waals surface area contributed by atoms with E-state index in [2.05, 4.69) is 25.2 Å². The maximum Gasteiger partial charge on any atom is 0.218 e. The van der Waals surface area contributed by atoms with Gasteiger partial charge < -0.3 is 9.53 Å². The van der Waals surface area contributed by atoms with Crippen molar-refractivity contribution in [2.24, 2.45) is 0 Å². The Labute approximate surface area is 86.7 Å². The Kier molecular flexibility index (Phi) is 3.86. The summed E-state index contributed by atoms with van der Waals surface area (Å²) < 4.78 is 5.86. The molecule has 0 amide bonds. The fourth-order valence-corrected chi connectivity index (χ4v) is 3.66. The lowest BCUT2D eigenvalue weighted by molar-refractivity contribution is 0.126. The van der Waals surface area contributed by atoms with Crippen LogP contribution in [0, 0.1) is 0 Å². The molecule has 1 N–H and O–H groups in total. The van der Waals surface area contributed by atoms with Gasteiger partial charge in [0.1, 0.15) is 0 Å². The average molecular weight is 210 g/mol. The van der Waals surface area contributed by atoms with Crippen molar-refractivity contribution < 1.29 is 9.53 Å². The molecule has 0 aliphatic carbocycles. The van der Waals surface area contributed by atoms with Crippen LogP contribution in [-0.2, 0) is 4.43 Å². The Morgan fingerprint density at radius 1 is 1.29 bits per heavy atom. The van der Waals surface area contributed by atoms with Crippen molar-refractivity contribution in [2.45, 2.75) is 26.1 Å². The van der Waals surface area contributed by atoms with Gasteiger partial charge in [-0.15, -0.1) is 0 Å². The smallest absolute Gasteiger partial charge is 0.218 e. The van der Waals surface area contributed by atoms with Crippen molar-refractivity contribution in [3.63, 3.8) is 0 Å². The molecule has 1 atom stereocenters. The monoisotopic (exact) mass is 210 g/mol. The summed E-state index contributed by atoms with van der Waals surface area (Å²) in [4.78, 5) is 0. The summed E-state index contributed by atoms with van der Waals surface area (Å²) in [6.07, 6.45) is -0.0723. The van der Waals surface area contributed by atoms with Gasteiger partial charge in [-0.2, -0.15) is 0 Å². The number of aliphatic hydroxyl groups is 1.